The van der Waals surface area contributed by atoms with Crippen molar-refractivity contribution in [3.05, 3.63) is 12.7 Å². The number of rotatable bonds is 4. The van der Waals surface area contributed by atoms with Gasteiger partial charge < -0.3 is 5.32 Å². The second kappa shape index (κ2) is 4.52. The van der Waals surface area contributed by atoms with Gasteiger partial charge in [0.1, 0.15) is 0 Å². The van der Waals surface area contributed by atoms with Crippen LogP contribution in [0.15, 0.2) is 12.7 Å². The monoisotopic (exact) mass is 154 g/mol. The highest BCUT2D eigenvalue weighted by atomic mass is 15.2. The van der Waals surface area contributed by atoms with Crippen molar-refractivity contribution < 1.29 is 0 Å². The second-order valence-electron chi connectivity index (χ2n) is 3.14. The zero-order valence-electron chi connectivity index (χ0n) is 7.34. The molecule has 0 amide bonds. The molecule has 0 aromatic rings. The number of hydrogen-bond acceptors (Lipinski definition) is 2. The van der Waals surface area contributed by atoms with Crippen molar-refractivity contribution in [1.82, 2.24) is 10.2 Å². The molecule has 1 fully saturated rings. The minimum absolute atomic E-state index is 0.748. The van der Waals surface area contributed by atoms with Gasteiger partial charge in [0, 0.05) is 19.1 Å². The normalized spacial score (nSPS) is 25.7. The Morgan fingerprint density at radius 3 is 3.18 bits per heavy atom. The SMILES string of the molecule is C=CCN1CCCC1CNC. The Bertz CT molecular complexity index is 123. The van der Waals surface area contributed by atoms with Crippen LogP contribution in [0.5, 0.6) is 0 Å². The van der Waals surface area contributed by atoms with Crippen molar-refractivity contribution >= 4 is 0 Å². The average molecular weight is 154 g/mol. The summed E-state index contributed by atoms with van der Waals surface area (Å²) in [4.78, 5) is 2.49. The molecule has 1 N–H and O–H groups in total. The van der Waals surface area contributed by atoms with Crippen LogP contribution in [-0.4, -0.2) is 37.6 Å². The van der Waals surface area contributed by atoms with Gasteiger partial charge in [0.2, 0.25) is 0 Å². The molecule has 1 aliphatic rings. The maximum Gasteiger partial charge on any atom is 0.0224 e. The lowest BCUT2D eigenvalue weighted by atomic mass is 10.2. The van der Waals surface area contributed by atoms with E-state index in [9.17, 15) is 0 Å². The van der Waals surface area contributed by atoms with Crippen LogP contribution in [0.1, 0.15) is 12.8 Å². The van der Waals surface area contributed by atoms with Crippen LogP contribution >= 0.6 is 0 Å². The Morgan fingerprint density at radius 2 is 2.55 bits per heavy atom. The molecule has 1 aliphatic heterocycles. The van der Waals surface area contributed by atoms with E-state index in [4.69, 9.17) is 0 Å². The zero-order chi connectivity index (χ0) is 8.10. The van der Waals surface area contributed by atoms with Crippen molar-refractivity contribution in [2.45, 2.75) is 18.9 Å². The van der Waals surface area contributed by atoms with Crippen LogP contribution in [0, 0.1) is 0 Å². The van der Waals surface area contributed by atoms with E-state index in [-0.39, 0.29) is 0 Å². The van der Waals surface area contributed by atoms with E-state index in [2.05, 4.69) is 16.8 Å². The Balaban J connectivity index is 2.31. The van der Waals surface area contributed by atoms with E-state index in [1.54, 1.807) is 0 Å². The number of likely N-dealkylation sites (N-methyl/N-ethyl adjacent to an activating group) is 1. The molecular weight excluding hydrogens is 136 g/mol. The fourth-order valence-electron chi connectivity index (χ4n) is 1.77. The molecule has 0 aliphatic carbocycles. The lowest BCUT2D eigenvalue weighted by Gasteiger charge is -2.22. The molecule has 0 aromatic heterocycles. The van der Waals surface area contributed by atoms with Crippen LogP contribution in [0.25, 0.3) is 0 Å². The van der Waals surface area contributed by atoms with Crippen LogP contribution in [0.3, 0.4) is 0 Å². The van der Waals surface area contributed by atoms with Crippen LogP contribution in [0.4, 0.5) is 0 Å². The minimum Gasteiger partial charge on any atom is -0.318 e. The summed E-state index contributed by atoms with van der Waals surface area (Å²) in [5.74, 6) is 0. The number of likely N-dealkylation sites (tertiary alicyclic amines) is 1. The Labute approximate surface area is 69.3 Å². The van der Waals surface area contributed by atoms with Crippen molar-refractivity contribution in [2.24, 2.45) is 0 Å². The topological polar surface area (TPSA) is 15.3 Å². The molecular formula is C9H18N2. The third-order valence-corrected chi connectivity index (χ3v) is 2.30. The highest BCUT2D eigenvalue weighted by Crippen LogP contribution is 2.15. The lowest BCUT2D eigenvalue weighted by molar-refractivity contribution is 0.277. The van der Waals surface area contributed by atoms with Gasteiger partial charge in [0.05, 0.1) is 0 Å². The van der Waals surface area contributed by atoms with Gasteiger partial charge in [-0.15, -0.1) is 6.58 Å². The molecule has 0 bridgehead atoms. The Morgan fingerprint density at radius 1 is 1.73 bits per heavy atom. The molecule has 0 radical (unpaired) electrons. The van der Waals surface area contributed by atoms with Gasteiger partial charge >= 0.3 is 0 Å². The third-order valence-electron chi connectivity index (χ3n) is 2.30. The van der Waals surface area contributed by atoms with Crippen molar-refractivity contribution in [1.29, 1.82) is 0 Å². The van der Waals surface area contributed by atoms with E-state index in [1.807, 2.05) is 13.1 Å². The summed E-state index contributed by atoms with van der Waals surface area (Å²) in [5, 5.41) is 3.22. The van der Waals surface area contributed by atoms with E-state index < -0.39 is 0 Å². The first-order valence-corrected chi connectivity index (χ1v) is 4.38. The molecule has 11 heavy (non-hydrogen) atoms. The van der Waals surface area contributed by atoms with Gasteiger partial charge in [-0.2, -0.15) is 0 Å². The first kappa shape index (κ1) is 8.75. The quantitative estimate of drug-likeness (QED) is 0.604. The molecule has 2 nitrogen and oxygen atoms in total. The van der Waals surface area contributed by atoms with Gasteiger partial charge in [-0.3, -0.25) is 4.90 Å². The second-order valence-corrected chi connectivity index (χ2v) is 3.14. The molecule has 0 aromatic carbocycles. The molecule has 0 spiro atoms. The van der Waals surface area contributed by atoms with Gasteiger partial charge in [0.15, 0.2) is 0 Å². The molecule has 2 heteroatoms. The van der Waals surface area contributed by atoms with E-state index >= 15 is 0 Å². The van der Waals surface area contributed by atoms with E-state index in [1.165, 1.54) is 19.4 Å². The largest absolute Gasteiger partial charge is 0.318 e. The maximum atomic E-state index is 3.76. The lowest BCUT2D eigenvalue weighted by Crippen LogP contribution is -2.36. The molecule has 1 atom stereocenters. The third kappa shape index (κ3) is 2.31. The fraction of sp³-hybridized carbons (Fsp3) is 0.778. The molecule has 1 unspecified atom stereocenters. The predicted molar refractivity (Wildman–Crippen MR) is 48.7 cm³/mol. The van der Waals surface area contributed by atoms with Crippen LogP contribution < -0.4 is 5.32 Å². The van der Waals surface area contributed by atoms with Crippen LogP contribution in [0.2, 0.25) is 0 Å². The highest BCUT2D eigenvalue weighted by molar-refractivity contribution is 4.85. The highest BCUT2D eigenvalue weighted by Gasteiger charge is 2.21. The van der Waals surface area contributed by atoms with Crippen molar-refractivity contribution in [2.75, 3.05) is 26.7 Å². The van der Waals surface area contributed by atoms with Gasteiger partial charge in [0.25, 0.3) is 0 Å². The first-order valence-electron chi connectivity index (χ1n) is 4.38. The molecule has 1 saturated heterocycles. The molecule has 1 rings (SSSR count). The summed E-state index contributed by atoms with van der Waals surface area (Å²) in [6, 6.07) is 0.748. The smallest absolute Gasteiger partial charge is 0.0224 e. The summed E-state index contributed by atoms with van der Waals surface area (Å²) in [6.07, 6.45) is 4.68. The summed E-state index contributed by atoms with van der Waals surface area (Å²) in [5.41, 5.74) is 0. The summed E-state index contributed by atoms with van der Waals surface area (Å²) in [6.45, 7) is 7.17. The van der Waals surface area contributed by atoms with Crippen molar-refractivity contribution in [3.8, 4) is 0 Å². The first-order chi connectivity index (χ1) is 5.38. The predicted octanol–water partition coefficient (Wildman–Crippen LogP) is 0.856. The van der Waals surface area contributed by atoms with Crippen molar-refractivity contribution in [3.63, 3.8) is 0 Å². The Kier molecular flexibility index (Phi) is 3.60. The van der Waals surface area contributed by atoms with E-state index in [0.29, 0.717) is 0 Å². The number of hydrogen-bond donors (Lipinski definition) is 1. The minimum atomic E-state index is 0.748. The standard InChI is InChI=1S/C9H18N2/c1-3-6-11-7-4-5-9(11)8-10-2/h3,9-10H,1,4-8H2,2H3. The van der Waals surface area contributed by atoms with Gasteiger partial charge in [-0.1, -0.05) is 6.08 Å². The molecule has 1 heterocycles. The van der Waals surface area contributed by atoms with E-state index in [0.717, 1.165) is 19.1 Å². The molecule has 64 valence electrons. The fourth-order valence-corrected chi connectivity index (χ4v) is 1.77. The van der Waals surface area contributed by atoms with Gasteiger partial charge in [-0.25, -0.2) is 0 Å². The zero-order valence-corrected chi connectivity index (χ0v) is 7.34. The summed E-state index contributed by atoms with van der Waals surface area (Å²) in [7, 11) is 2.02. The maximum absolute atomic E-state index is 3.76. The number of nitrogens with zero attached hydrogens (tertiary/aromatic N) is 1. The Hall–Kier alpha value is -0.340. The summed E-state index contributed by atoms with van der Waals surface area (Å²) >= 11 is 0. The number of nitrogens with one attached hydrogen (secondary N) is 1. The molecule has 0 saturated carbocycles. The summed E-state index contributed by atoms with van der Waals surface area (Å²) < 4.78 is 0. The van der Waals surface area contributed by atoms with Crippen LogP contribution in [-0.2, 0) is 0 Å². The average Bonchev–Trinajstić information content (AvgIpc) is 2.39. The van der Waals surface area contributed by atoms with Gasteiger partial charge in [-0.05, 0) is 26.4 Å².